The molecule has 0 radical (unpaired) electrons. The molecule has 1 saturated heterocycles. The van der Waals surface area contributed by atoms with E-state index in [-0.39, 0.29) is 11.5 Å². The summed E-state index contributed by atoms with van der Waals surface area (Å²) in [7, 11) is 0. The van der Waals surface area contributed by atoms with Crippen LogP contribution in [0.1, 0.15) is 17.4 Å². The van der Waals surface area contributed by atoms with Crippen LogP contribution < -0.4 is 16.2 Å². The van der Waals surface area contributed by atoms with Crippen molar-refractivity contribution in [2.45, 2.75) is 13.5 Å². The summed E-state index contributed by atoms with van der Waals surface area (Å²) in [6, 6.07) is 12.7. The highest BCUT2D eigenvalue weighted by Crippen LogP contribution is 2.26. The fourth-order valence-corrected chi connectivity index (χ4v) is 4.12. The second kappa shape index (κ2) is 7.42. The number of carbonyl (C=O) groups excluding carboxylic acids is 1. The molecule has 31 heavy (non-hydrogen) atoms. The molecular formula is C22H21N5O4. The molecule has 1 fully saturated rings. The normalized spacial score (nSPS) is 14.5. The summed E-state index contributed by atoms with van der Waals surface area (Å²) in [5, 5.41) is 5.43. The fourth-order valence-electron chi connectivity index (χ4n) is 4.12. The van der Waals surface area contributed by atoms with Crippen molar-refractivity contribution in [3.8, 4) is 0 Å². The molecule has 4 aromatic rings. The molecule has 0 atom stereocenters. The first-order valence-electron chi connectivity index (χ1n) is 10.2. The first-order chi connectivity index (χ1) is 15.1. The molecule has 9 heteroatoms. The number of amides is 1. The predicted molar refractivity (Wildman–Crippen MR) is 117 cm³/mol. The number of nitrogens with one attached hydrogen (secondary N) is 1. The number of nitrogens with zero attached hydrogens (tertiary/aromatic N) is 4. The molecule has 0 bridgehead atoms. The molecule has 158 valence electrons. The number of hydrogen-bond donors (Lipinski definition) is 1. The molecule has 1 amide bonds. The molecule has 9 nitrogen and oxygen atoms in total. The predicted octanol–water partition coefficient (Wildman–Crippen LogP) is 1.81. The van der Waals surface area contributed by atoms with E-state index >= 15 is 0 Å². The fraction of sp³-hybridized carbons (Fsp3) is 0.273. The van der Waals surface area contributed by atoms with Crippen LogP contribution in [0.15, 0.2) is 56.5 Å². The summed E-state index contributed by atoms with van der Waals surface area (Å²) in [5.74, 6) is -0.676. The minimum atomic E-state index is -0.486. The molecule has 0 unspecified atom stereocenters. The van der Waals surface area contributed by atoms with E-state index in [9.17, 15) is 14.4 Å². The average Bonchev–Trinajstić information content (AvgIpc) is 3.19. The lowest BCUT2D eigenvalue weighted by molar-refractivity contribution is 0.0740. The Labute approximate surface area is 176 Å². The van der Waals surface area contributed by atoms with E-state index in [1.165, 1.54) is 4.68 Å². The lowest BCUT2D eigenvalue weighted by Crippen LogP contribution is -2.49. The zero-order valence-corrected chi connectivity index (χ0v) is 17.0. The Morgan fingerprint density at radius 3 is 2.52 bits per heavy atom. The first kappa shape index (κ1) is 19.1. The maximum absolute atomic E-state index is 13.3. The van der Waals surface area contributed by atoms with Gasteiger partial charge in [-0.25, -0.2) is 9.48 Å². The number of para-hydroxylation sites is 1. The van der Waals surface area contributed by atoms with Gasteiger partial charge in [0.25, 0.3) is 11.5 Å². The Morgan fingerprint density at radius 1 is 1.03 bits per heavy atom. The molecule has 3 heterocycles. The number of anilines is 1. The third-order valence-electron chi connectivity index (χ3n) is 5.70. The van der Waals surface area contributed by atoms with E-state index in [1.807, 2.05) is 19.1 Å². The SMILES string of the molecule is CCn1nc(C(=O)N2CCN(c3cccc4[nH]c(=O)oc34)CC2)c2ccccc2c1=O. The van der Waals surface area contributed by atoms with Crippen molar-refractivity contribution in [2.24, 2.45) is 0 Å². The van der Waals surface area contributed by atoms with E-state index in [4.69, 9.17) is 4.42 Å². The van der Waals surface area contributed by atoms with Crippen molar-refractivity contribution in [1.82, 2.24) is 19.7 Å². The van der Waals surface area contributed by atoms with Crippen LogP contribution in [-0.2, 0) is 6.54 Å². The van der Waals surface area contributed by atoms with Crippen LogP contribution >= 0.6 is 0 Å². The number of aryl methyl sites for hydroxylation is 1. The highest BCUT2D eigenvalue weighted by Gasteiger charge is 2.27. The number of aromatic amines is 1. The largest absolute Gasteiger partial charge is 0.417 e. The smallest absolute Gasteiger partial charge is 0.406 e. The zero-order chi connectivity index (χ0) is 21.5. The van der Waals surface area contributed by atoms with Crippen LogP contribution in [0.25, 0.3) is 21.9 Å². The molecule has 2 aromatic heterocycles. The minimum absolute atomic E-state index is 0.190. The van der Waals surface area contributed by atoms with Crippen LogP contribution in [0.4, 0.5) is 5.69 Å². The van der Waals surface area contributed by atoms with E-state index in [0.717, 1.165) is 5.69 Å². The van der Waals surface area contributed by atoms with Gasteiger partial charge >= 0.3 is 5.76 Å². The molecule has 5 rings (SSSR count). The number of aromatic nitrogens is 3. The van der Waals surface area contributed by atoms with Crippen molar-refractivity contribution in [3.63, 3.8) is 0 Å². The number of fused-ring (bicyclic) bond motifs is 2. The topological polar surface area (TPSA) is 104 Å². The van der Waals surface area contributed by atoms with Gasteiger partial charge in [-0.3, -0.25) is 14.6 Å². The standard InChI is InChI=1S/C22H21N5O4/c1-2-27-20(28)15-7-4-3-6-14(15)18(24-27)21(29)26-12-10-25(11-13-26)17-9-5-8-16-19(17)31-22(30)23-16/h3-9H,2,10-13H2,1H3,(H,23,30). The average molecular weight is 419 g/mol. The van der Waals surface area contributed by atoms with Crippen molar-refractivity contribution in [2.75, 3.05) is 31.1 Å². The highest BCUT2D eigenvalue weighted by molar-refractivity contribution is 6.04. The maximum atomic E-state index is 13.3. The summed E-state index contributed by atoms with van der Waals surface area (Å²) >= 11 is 0. The van der Waals surface area contributed by atoms with E-state index in [1.54, 1.807) is 35.2 Å². The Balaban J connectivity index is 1.42. The number of rotatable bonds is 3. The van der Waals surface area contributed by atoms with Crippen LogP contribution in [0.2, 0.25) is 0 Å². The quantitative estimate of drug-likeness (QED) is 0.543. The summed E-state index contributed by atoms with van der Waals surface area (Å²) in [5.41, 5.74) is 2.10. The molecule has 0 spiro atoms. The van der Waals surface area contributed by atoms with Gasteiger partial charge in [-0.05, 0) is 25.1 Å². The number of hydrogen-bond acceptors (Lipinski definition) is 6. The van der Waals surface area contributed by atoms with Crippen LogP contribution in [-0.4, -0.2) is 51.8 Å². The second-order valence-electron chi connectivity index (χ2n) is 7.46. The molecule has 1 N–H and O–H groups in total. The number of piperazine rings is 1. The van der Waals surface area contributed by atoms with Gasteiger partial charge in [0.05, 0.1) is 16.6 Å². The van der Waals surface area contributed by atoms with Gasteiger partial charge in [-0.2, -0.15) is 5.10 Å². The lowest BCUT2D eigenvalue weighted by atomic mass is 10.1. The van der Waals surface area contributed by atoms with Crippen molar-refractivity contribution >= 4 is 33.5 Å². The van der Waals surface area contributed by atoms with Crippen molar-refractivity contribution in [3.05, 3.63) is 69.1 Å². The van der Waals surface area contributed by atoms with Gasteiger partial charge in [0.15, 0.2) is 11.3 Å². The Morgan fingerprint density at radius 2 is 1.77 bits per heavy atom. The molecule has 0 aliphatic carbocycles. The number of carbonyl (C=O) groups is 1. The Hall–Kier alpha value is -3.88. The third kappa shape index (κ3) is 3.18. The van der Waals surface area contributed by atoms with Crippen molar-refractivity contribution in [1.29, 1.82) is 0 Å². The van der Waals surface area contributed by atoms with Gasteiger partial charge in [0, 0.05) is 38.1 Å². The molecule has 2 aromatic carbocycles. The van der Waals surface area contributed by atoms with Crippen molar-refractivity contribution < 1.29 is 9.21 Å². The van der Waals surface area contributed by atoms with Gasteiger partial charge in [0.2, 0.25) is 0 Å². The Bertz CT molecular complexity index is 1410. The van der Waals surface area contributed by atoms with Crippen LogP contribution in [0, 0.1) is 0 Å². The molecule has 0 saturated carbocycles. The maximum Gasteiger partial charge on any atom is 0.417 e. The zero-order valence-electron chi connectivity index (χ0n) is 17.0. The van der Waals surface area contributed by atoms with E-state index in [2.05, 4.69) is 15.0 Å². The van der Waals surface area contributed by atoms with E-state index in [0.29, 0.717) is 60.3 Å². The van der Waals surface area contributed by atoms with Gasteiger partial charge < -0.3 is 14.2 Å². The third-order valence-corrected chi connectivity index (χ3v) is 5.70. The summed E-state index contributed by atoms with van der Waals surface area (Å²) in [4.78, 5) is 44.0. The first-order valence-corrected chi connectivity index (χ1v) is 10.2. The molecular weight excluding hydrogens is 398 g/mol. The monoisotopic (exact) mass is 419 g/mol. The number of oxazole rings is 1. The van der Waals surface area contributed by atoms with Gasteiger partial charge in [-0.15, -0.1) is 0 Å². The molecule has 1 aliphatic rings. The lowest BCUT2D eigenvalue weighted by Gasteiger charge is -2.36. The van der Waals surface area contributed by atoms with Gasteiger partial charge in [-0.1, -0.05) is 24.3 Å². The number of benzene rings is 2. The molecule has 1 aliphatic heterocycles. The van der Waals surface area contributed by atoms with Crippen LogP contribution in [0.3, 0.4) is 0 Å². The van der Waals surface area contributed by atoms with Crippen LogP contribution in [0.5, 0.6) is 0 Å². The van der Waals surface area contributed by atoms with Gasteiger partial charge in [0.1, 0.15) is 0 Å². The number of H-pyrrole nitrogens is 1. The Kier molecular flexibility index (Phi) is 4.58. The summed E-state index contributed by atoms with van der Waals surface area (Å²) < 4.78 is 6.64. The van der Waals surface area contributed by atoms with E-state index < -0.39 is 5.76 Å². The summed E-state index contributed by atoms with van der Waals surface area (Å²) in [6.45, 7) is 4.38. The second-order valence-corrected chi connectivity index (χ2v) is 7.46. The minimum Gasteiger partial charge on any atom is -0.406 e. The highest BCUT2D eigenvalue weighted by atomic mass is 16.4. The summed E-state index contributed by atoms with van der Waals surface area (Å²) in [6.07, 6.45) is 0.